The Balaban J connectivity index is 1.80. The maximum Gasteiger partial charge on any atom is 0.161 e. The summed E-state index contributed by atoms with van der Waals surface area (Å²) in [4.78, 5) is 2.41. The summed E-state index contributed by atoms with van der Waals surface area (Å²) in [7, 11) is 2.19. The van der Waals surface area contributed by atoms with E-state index in [1.54, 1.807) is 6.07 Å². The zero-order valence-corrected chi connectivity index (χ0v) is 12.6. The largest absolute Gasteiger partial charge is 0.504 e. The molecule has 1 aromatic rings. The van der Waals surface area contributed by atoms with Gasteiger partial charge in [-0.2, -0.15) is 0 Å². The zero-order valence-electron chi connectivity index (χ0n) is 12.6. The van der Waals surface area contributed by atoms with E-state index in [0.29, 0.717) is 12.4 Å². The van der Waals surface area contributed by atoms with E-state index in [1.165, 1.54) is 25.9 Å². The summed E-state index contributed by atoms with van der Waals surface area (Å²) in [5.41, 5.74) is 1.15. The quantitative estimate of drug-likeness (QED) is 0.837. The molecule has 1 aliphatic heterocycles. The molecule has 112 valence electrons. The van der Waals surface area contributed by atoms with Crippen molar-refractivity contribution in [3.05, 3.63) is 23.8 Å². The summed E-state index contributed by atoms with van der Waals surface area (Å²) < 4.78 is 5.40. The lowest BCUT2D eigenvalue weighted by Crippen LogP contribution is -2.37. The number of benzene rings is 1. The molecule has 0 amide bonds. The molecule has 1 atom stereocenters. The number of aromatic hydroxyl groups is 1. The second kappa shape index (κ2) is 7.50. The third-order valence-electron chi connectivity index (χ3n) is 3.81. The van der Waals surface area contributed by atoms with Gasteiger partial charge in [0.15, 0.2) is 11.5 Å². The smallest absolute Gasteiger partial charge is 0.161 e. The third kappa shape index (κ3) is 4.39. The Kier molecular flexibility index (Phi) is 5.68. The number of likely N-dealkylation sites (tertiary alicyclic amines) is 1. The first-order valence-corrected chi connectivity index (χ1v) is 7.53. The molecule has 0 saturated carbocycles. The number of hydrogen-bond donors (Lipinski definition) is 2. The molecular formula is C16H26N2O2. The fourth-order valence-corrected chi connectivity index (χ4v) is 2.80. The average Bonchev–Trinajstić information content (AvgIpc) is 2.43. The highest BCUT2D eigenvalue weighted by molar-refractivity contribution is 5.41. The highest BCUT2D eigenvalue weighted by atomic mass is 16.5. The third-order valence-corrected chi connectivity index (χ3v) is 3.81. The van der Waals surface area contributed by atoms with Crippen molar-refractivity contribution >= 4 is 0 Å². The van der Waals surface area contributed by atoms with Crippen molar-refractivity contribution in [3.63, 3.8) is 0 Å². The molecule has 0 bridgehead atoms. The number of hydrogen-bond acceptors (Lipinski definition) is 4. The second-order valence-corrected chi connectivity index (χ2v) is 5.64. The number of piperidine rings is 1. The molecule has 1 unspecified atom stereocenters. The predicted molar refractivity (Wildman–Crippen MR) is 81.2 cm³/mol. The van der Waals surface area contributed by atoms with Gasteiger partial charge in [0, 0.05) is 13.1 Å². The maximum atomic E-state index is 9.67. The van der Waals surface area contributed by atoms with Crippen molar-refractivity contribution in [2.45, 2.75) is 26.3 Å². The van der Waals surface area contributed by atoms with Gasteiger partial charge in [0.05, 0.1) is 6.61 Å². The first-order chi connectivity index (χ1) is 9.69. The van der Waals surface area contributed by atoms with Crippen LogP contribution < -0.4 is 10.1 Å². The number of nitrogens with one attached hydrogen (secondary N) is 1. The van der Waals surface area contributed by atoms with Crippen LogP contribution in [-0.2, 0) is 6.54 Å². The summed E-state index contributed by atoms with van der Waals surface area (Å²) in [6, 6.07) is 5.56. The van der Waals surface area contributed by atoms with Crippen LogP contribution in [0.2, 0.25) is 0 Å². The lowest BCUT2D eigenvalue weighted by Gasteiger charge is -2.29. The number of phenols is 1. The minimum absolute atomic E-state index is 0.213. The lowest BCUT2D eigenvalue weighted by molar-refractivity contribution is 0.206. The number of nitrogens with zero attached hydrogens (tertiary/aromatic N) is 1. The van der Waals surface area contributed by atoms with Gasteiger partial charge in [0.1, 0.15) is 0 Å². The highest BCUT2D eigenvalue weighted by Gasteiger charge is 2.16. The van der Waals surface area contributed by atoms with Crippen molar-refractivity contribution in [2.75, 3.05) is 33.3 Å². The Labute approximate surface area is 121 Å². The molecule has 0 radical (unpaired) electrons. The number of ether oxygens (including phenoxy) is 1. The summed E-state index contributed by atoms with van der Waals surface area (Å²) in [5, 5.41) is 13.2. The van der Waals surface area contributed by atoms with E-state index in [9.17, 15) is 5.11 Å². The Bertz CT molecular complexity index is 423. The van der Waals surface area contributed by atoms with Crippen LogP contribution in [0.1, 0.15) is 25.3 Å². The summed E-state index contributed by atoms with van der Waals surface area (Å²) in [6.07, 6.45) is 2.62. The van der Waals surface area contributed by atoms with Crippen LogP contribution in [0.5, 0.6) is 11.5 Å². The molecule has 0 aliphatic carbocycles. The molecule has 0 spiro atoms. The average molecular weight is 278 g/mol. The van der Waals surface area contributed by atoms with Gasteiger partial charge in [0.25, 0.3) is 0 Å². The SMILES string of the molecule is CCOc1cc(CNCC2CCCN(C)C2)ccc1O. The van der Waals surface area contributed by atoms with E-state index in [2.05, 4.69) is 17.3 Å². The van der Waals surface area contributed by atoms with Crippen molar-refractivity contribution in [2.24, 2.45) is 5.92 Å². The molecule has 1 aliphatic rings. The van der Waals surface area contributed by atoms with E-state index in [1.807, 2.05) is 19.1 Å². The van der Waals surface area contributed by atoms with Crippen molar-refractivity contribution in [1.82, 2.24) is 10.2 Å². The Morgan fingerprint density at radius 2 is 2.30 bits per heavy atom. The number of rotatable bonds is 6. The van der Waals surface area contributed by atoms with Crippen molar-refractivity contribution in [3.8, 4) is 11.5 Å². The Morgan fingerprint density at radius 1 is 1.45 bits per heavy atom. The molecule has 4 heteroatoms. The van der Waals surface area contributed by atoms with Gasteiger partial charge < -0.3 is 20.1 Å². The zero-order chi connectivity index (χ0) is 14.4. The van der Waals surface area contributed by atoms with Gasteiger partial charge >= 0.3 is 0 Å². The lowest BCUT2D eigenvalue weighted by atomic mass is 9.98. The first-order valence-electron chi connectivity index (χ1n) is 7.53. The van der Waals surface area contributed by atoms with E-state index in [4.69, 9.17) is 4.74 Å². The van der Waals surface area contributed by atoms with Crippen LogP contribution in [0.4, 0.5) is 0 Å². The van der Waals surface area contributed by atoms with E-state index in [0.717, 1.165) is 24.6 Å². The summed E-state index contributed by atoms with van der Waals surface area (Å²) in [6.45, 7) is 6.78. The van der Waals surface area contributed by atoms with Gasteiger partial charge in [-0.25, -0.2) is 0 Å². The van der Waals surface area contributed by atoms with E-state index >= 15 is 0 Å². The molecule has 1 aromatic carbocycles. The Hall–Kier alpha value is -1.26. The van der Waals surface area contributed by atoms with Crippen LogP contribution in [0.15, 0.2) is 18.2 Å². The topological polar surface area (TPSA) is 44.7 Å². The van der Waals surface area contributed by atoms with Crippen LogP contribution in [-0.4, -0.2) is 43.3 Å². The fourth-order valence-electron chi connectivity index (χ4n) is 2.80. The predicted octanol–water partition coefficient (Wildman–Crippen LogP) is 2.22. The second-order valence-electron chi connectivity index (χ2n) is 5.64. The number of phenolic OH excluding ortho intramolecular Hbond substituents is 1. The maximum absolute atomic E-state index is 9.67. The van der Waals surface area contributed by atoms with Crippen LogP contribution >= 0.6 is 0 Å². The molecule has 1 saturated heterocycles. The van der Waals surface area contributed by atoms with Gasteiger partial charge in [-0.05, 0) is 63.5 Å². The van der Waals surface area contributed by atoms with Gasteiger partial charge in [-0.15, -0.1) is 0 Å². The van der Waals surface area contributed by atoms with Gasteiger partial charge in [0.2, 0.25) is 0 Å². The summed E-state index contributed by atoms with van der Waals surface area (Å²) in [5.74, 6) is 1.53. The monoisotopic (exact) mass is 278 g/mol. The first kappa shape index (κ1) is 15.1. The highest BCUT2D eigenvalue weighted by Crippen LogP contribution is 2.26. The standard InChI is InChI=1S/C16H26N2O2/c1-3-20-16-9-13(6-7-15(16)19)10-17-11-14-5-4-8-18(2)12-14/h6-7,9,14,17,19H,3-5,8,10-12H2,1-2H3. The molecule has 2 rings (SSSR count). The van der Waals surface area contributed by atoms with Crippen LogP contribution in [0.25, 0.3) is 0 Å². The van der Waals surface area contributed by atoms with Crippen LogP contribution in [0.3, 0.4) is 0 Å². The molecule has 4 nitrogen and oxygen atoms in total. The van der Waals surface area contributed by atoms with E-state index < -0.39 is 0 Å². The normalized spacial score (nSPS) is 20.0. The van der Waals surface area contributed by atoms with E-state index in [-0.39, 0.29) is 5.75 Å². The fraction of sp³-hybridized carbons (Fsp3) is 0.625. The van der Waals surface area contributed by atoms with Gasteiger partial charge in [-0.3, -0.25) is 0 Å². The molecular weight excluding hydrogens is 252 g/mol. The minimum Gasteiger partial charge on any atom is -0.504 e. The minimum atomic E-state index is 0.213. The van der Waals surface area contributed by atoms with Crippen molar-refractivity contribution in [1.29, 1.82) is 0 Å². The summed E-state index contributed by atoms with van der Waals surface area (Å²) >= 11 is 0. The van der Waals surface area contributed by atoms with Crippen molar-refractivity contribution < 1.29 is 9.84 Å². The van der Waals surface area contributed by atoms with Gasteiger partial charge in [-0.1, -0.05) is 6.07 Å². The molecule has 0 aromatic heterocycles. The molecule has 1 heterocycles. The molecule has 2 N–H and O–H groups in total. The Morgan fingerprint density at radius 3 is 3.05 bits per heavy atom. The molecule has 20 heavy (non-hydrogen) atoms. The van der Waals surface area contributed by atoms with Crippen LogP contribution in [0, 0.1) is 5.92 Å². The molecule has 1 fully saturated rings.